The third-order valence-electron chi connectivity index (χ3n) is 4.36. The van der Waals surface area contributed by atoms with Crippen molar-refractivity contribution in [2.75, 3.05) is 13.2 Å². The van der Waals surface area contributed by atoms with E-state index in [9.17, 15) is 5.11 Å². The molecule has 1 fully saturated rings. The summed E-state index contributed by atoms with van der Waals surface area (Å²) in [6.45, 7) is 12.8. The van der Waals surface area contributed by atoms with Gasteiger partial charge in [-0.2, -0.15) is 0 Å². The first-order chi connectivity index (χ1) is 7.79. The summed E-state index contributed by atoms with van der Waals surface area (Å²) in [6, 6.07) is 0. The summed E-state index contributed by atoms with van der Waals surface area (Å²) in [5.41, 5.74) is 0.422. The first-order valence-electron chi connectivity index (χ1n) is 7.15. The van der Waals surface area contributed by atoms with Crippen LogP contribution < -0.4 is 5.32 Å². The lowest BCUT2D eigenvalue weighted by molar-refractivity contribution is 0.0673. The van der Waals surface area contributed by atoms with E-state index in [1.807, 2.05) is 0 Å². The summed E-state index contributed by atoms with van der Waals surface area (Å²) in [4.78, 5) is 0. The Labute approximate surface area is 107 Å². The predicted octanol–water partition coefficient (Wildman–Crippen LogP) is 3.20. The molecule has 1 saturated carbocycles. The Balaban J connectivity index is 2.51. The lowest BCUT2D eigenvalue weighted by Gasteiger charge is -2.44. The molecule has 0 unspecified atom stereocenters. The Kier molecular flexibility index (Phi) is 5.03. The second-order valence-corrected chi connectivity index (χ2v) is 7.35. The van der Waals surface area contributed by atoms with Gasteiger partial charge in [0.1, 0.15) is 0 Å². The number of aliphatic hydroxyl groups excluding tert-OH is 1. The van der Waals surface area contributed by atoms with E-state index in [4.69, 9.17) is 0 Å². The van der Waals surface area contributed by atoms with E-state index in [0.29, 0.717) is 11.3 Å². The molecule has 0 bridgehead atoms. The molecule has 1 rings (SSSR count). The van der Waals surface area contributed by atoms with Crippen molar-refractivity contribution in [2.24, 2.45) is 17.3 Å². The molecule has 1 aliphatic carbocycles. The molecule has 0 spiro atoms. The zero-order chi connectivity index (χ0) is 13.1. The standard InChI is InChI=1S/C15H31NO/c1-12(2)10-16-15(11-17)8-6-13(7-9-15)14(3,4)5/h12-13,16-17H,6-11H2,1-5H3. The summed E-state index contributed by atoms with van der Waals surface area (Å²) in [5.74, 6) is 1.46. The normalized spacial score (nSPS) is 30.9. The van der Waals surface area contributed by atoms with Gasteiger partial charge in [0.05, 0.1) is 6.61 Å². The van der Waals surface area contributed by atoms with E-state index in [1.165, 1.54) is 12.8 Å². The molecular weight excluding hydrogens is 210 g/mol. The number of nitrogens with one attached hydrogen (secondary N) is 1. The van der Waals surface area contributed by atoms with E-state index in [2.05, 4.69) is 39.9 Å². The average molecular weight is 241 g/mol. The molecule has 17 heavy (non-hydrogen) atoms. The minimum Gasteiger partial charge on any atom is -0.394 e. The van der Waals surface area contributed by atoms with Crippen molar-refractivity contribution >= 4 is 0 Å². The summed E-state index contributed by atoms with van der Waals surface area (Å²) >= 11 is 0. The van der Waals surface area contributed by atoms with Crippen LogP contribution in [0.4, 0.5) is 0 Å². The average Bonchev–Trinajstić information content (AvgIpc) is 2.26. The van der Waals surface area contributed by atoms with Crippen LogP contribution in [0.2, 0.25) is 0 Å². The van der Waals surface area contributed by atoms with Crippen LogP contribution in [0.1, 0.15) is 60.3 Å². The maximum absolute atomic E-state index is 9.68. The van der Waals surface area contributed by atoms with Crippen molar-refractivity contribution in [3.8, 4) is 0 Å². The molecule has 0 aromatic carbocycles. The van der Waals surface area contributed by atoms with Crippen molar-refractivity contribution in [2.45, 2.75) is 65.8 Å². The Bertz CT molecular complexity index is 222. The van der Waals surface area contributed by atoms with Crippen molar-refractivity contribution in [1.82, 2.24) is 5.32 Å². The van der Waals surface area contributed by atoms with Crippen molar-refractivity contribution in [1.29, 1.82) is 0 Å². The molecular formula is C15H31NO. The SMILES string of the molecule is CC(C)CNC1(CO)CCC(C(C)(C)C)CC1. The van der Waals surface area contributed by atoms with Crippen LogP contribution >= 0.6 is 0 Å². The monoisotopic (exact) mass is 241 g/mol. The highest BCUT2D eigenvalue weighted by atomic mass is 16.3. The van der Waals surface area contributed by atoms with Crippen molar-refractivity contribution < 1.29 is 5.11 Å². The lowest BCUT2D eigenvalue weighted by atomic mass is 9.67. The Hall–Kier alpha value is -0.0800. The third-order valence-corrected chi connectivity index (χ3v) is 4.36. The summed E-state index contributed by atoms with van der Waals surface area (Å²) in [6.07, 6.45) is 4.74. The van der Waals surface area contributed by atoms with Gasteiger partial charge >= 0.3 is 0 Å². The van der Waals surface area contributed by atoms with Gasteiger partial charge in [-0.1, -0.05) is 34.6 Å². The topological polar surface area (TPSA) is 32.3 Å². The molecule has 2 N–H and O–H groups in total. The van der Waals surface area contributed by atoms with Crippen LogP contribution in [0.25, 0.3) is 0 Å². The predicted molar refractivity (Wildman–Crippen MR) is 74.1 cm³/mol. The fourth-order valence-electron chi connectivity index (χ4n) is 2.85. The van der Waals surface area contributed by atoms with Crippen LogP contribution in [-0.2, 0) is 0 Å². The maximum atomic E-state index is 9.68. The summed E-state index contributed by atoms with van der Waals surface area (Å²) < 4.78 is 0. The number of hydrogen-bond donors (Lipinski definition) is 2. The second-order valence-electron chi connectivity index (χ2n) is 7.35. The van der Waals surface area contributed by atoms with Gasteiger partial charge in [-0.3, -0.25) is 0 Å². The van der Waals surface area contributed by atoms with Crippen LogP contribution in [-0.4, -0.2) is 23.8 Å². The first kappa shape index (κ1) is 15.0. The van der Waals surface area contributed by atoms with Crippen LogP contribution in [0, 0.1) is 17.3 Å². The maximum Gasteiger partial charge on any atom is 0.0613 e. The van der Waals surface area contributed by atoms with Gasteiger partial charge in [-0.25, -0.2) is 0 Å². The largest absolute Gasteiger partial charge is 0.394 e. The molecule has 0 heterocycles. The molecule has 0 saturated heterocycles. The van der Waals surface area contributed by atoms with E-state index < -0.39 is 0 Å². The molecule has 0 aliphatic heterocycles. The minimum absolute atomic E-state index is 0.00597. The van der Waals surface area contributed by atoms with E-state index in [-0.39, 0.29) is 12.1 Å². The highest BCUT2D eigenvalue weighted by Crippen LogP contribution is 2.41. The summed E-state index contributed by atoms with van der Waals surface area (Å²) in [5, 5.41) is 13.3. The summed E-state index contributed by atoms with van der Waals surface area (Å²) in [7, 11) is 0. The Morgan fingerprint density at radius 1 is 1.24 bits per heavy atom. The number of aliphatic hydroxyl groups is 1. The Morgan fingerprint density at radius 3 is 2.12 bits per heavy atom. The highest BCUT2D eigenvalue weighted by Gasteiger charge is 2.37. The van der Waals surface area contributed by atoms with Crippen molar-refractivity contribution in [3.05, 3.63) is 0 Å². The smallest absolute Gasteiger partial charge is 0.0613 e. The zero-order valence-electron chi connectivity index (χ0n) is 12.3. The third kappa shape index (κ3) is 4.26. The van der Waals surface area contributed by atoms with Gasteiger partial charge in [-0.05, 0) is 49.5 Å². The molecule has 0 atom stereocenters. The van der Waals surface area contributed by atoms with E-state index >= 15 is 0 Å². The molecule has 0 aromatic heterocycles. The molecule has 2 nitrogen and oxygen atoms in total. The molecule has 0 radical (unpaired) electrons. The fraction of sp³-hybridized carbons (Fsp3) is 1.00. The number of hydrogen-bond acceptors (Lipinski definition) is 2. The molecule has 1 aliphatic rings. The zero-order valence-corrected chi connectivity index (χ0v) is 12.3. The van der Waals surface area contributed by atoms with Crippen molar-refractivity contribution in [3.63, 3.8) is 0 Å². The fourth-order valence-corrected chi connectivity index (χ4v) is 2.85. The first-order valence-corrected chi connectivity index (χ1v) is 7.15. The molecule has 0 aromatic rings. The van der Waals surface area contributed by atoms with Gasteiger partial charge in [0.2, 0.25) is 0 Å². The van der Waals surface area contributed by atoms with E-state index in [1.54, 1.807) is 0 Å². The van der Waals surface area contributed by atoms with Crippen LogP contribution in [0.3, 0.4) is 0 Å². The van der Waals surface area contributed by atoms with Gasteiger partial charge in [-0.15, -0.1) is 0 Å². The molecule has 102 valence electrons. The van der Waals surface area contributed by atoms with Gasteiger partial charge in [0.25, 0.3) is 0 Å². The second kappa shape index (κ2) is 5.71. The van der Waals surface area contributed by atoms with Gasteiger partial charge in [0, 0.05) is 5.54 Å². The van der Waals surface area contributed by atoms with E-state index in [0.717, 1.165) is 25.3 Å². The highest BCUT2D eigenvalue weighted by molar-refractivity contribution is 4.94. The van der Waals surface area contributed by atoms with Gasteiger partial charge < -0.3 is 10.4 Å². The minimum atomic E-state index is 0.00597. The Morgan fingerprint density at radius 2 is 1.76 bits per heavy atom. The van der Waals surface area contributed by atoms with Crippen LogP contribution in [0.5, 0.6) is 0 Å². The lowest BCUT2D eigenvalue weighted by Crippen LogP contribution is -2.52. The van der Waals surface area contributed by atoms with Gasteiger partial charge in [0.15, 0.2) is 0 Å². The van der Waals surface area contributed by atoms with Crippen LogP contribution in [0.15, 0.2) is 0 Å². The quantitative estimate of drug-likeness (QED) is 0.792. The number of rotatable bonds is 4. The molecule has 2 heteroatoms. The molecule has 0 amide bonds.